The number of aromatic nitrogens is 3. The summed E-state index contributed by atoms with van der Waals surface area (Å²) >= 11 is 0. The van der Waals surface area contributed by atoms with Crippen LogP contribution >= 0.6 is 0 Å². The number of anilines is 1. The first-order chi connectivity index (χ1) is 11.2. The minimum Gasteiger partial charge on any atom is -0.361 e. The summed E-state index contributed by atoms with van der Waals surface area (Å²) < 4.78 is 4.98. The molecule has 0 bridgehead atoms. The molecule has 0 saturated carbocycles. The second-order valence-corrected chi connectivity index (χ2v) is 6.10. The summed E-state index contributed by atoms with van der Waals surface area (Å²) in [5.74, 6) is 1.49. The zero-order chi connectivity index (χ0) is 15.8. The van der Waals surface area contributed by atoms with Crippen LogP contribution in [0.4, 0.5) is 5.82 Å². The molecule has 1 fully saturated rings. The standard InChI is InChI=1S/C16H19N5O2/c1-11-13(10-17-23-11)16(22)21-7-5-20(6-8-21)15-9-12-3-2-4-14(12)18-19-15/h9-10H,2-8H2,1H3. The van der Waals surface area contributed by atoms with Crippen LogP contribution in [0, 0.1) is 6.92 Å². The lowest BCUT2D eigenvalue weighted by Crippen LogP contribution is -2.49. The number of fused-ring (bicyclic) bond motifs is 1. The van der Waals surface area contributed by atoms with Crippen LogP contribution in [0.25, 0.3) is 0 Å². The fourth-order valence-electron chi connectivity index (χ4n) is 3.28. The monoisotopic (exact) mass is 313 g/mol. The molecule has 0 unspecified atom stereocenters. The number of aryl methyl sites for hydroxylation is 3. The second kappa shape index (κ2) is 5.64. The Kier molecular flexibility index (Phi) is 3.48. The highest BCUT2D eigenvalue weighted by Gasteiger charge is 2.26. The maximum absolute atomic E-state index is 12.5. The van der Waals surface area contributed by atoms with Crippen LogP contribution < -0.4 is 4.90 Å². The van der Waals surface area contributed by atoms with E-state index >= 15 is 0 Å². The van der Waals surface area contributed by atoms with Crippen molar-refractivity contribution in [3.63, 3.8) is 0 Å². The Morgan fingerprint density at radius 1 is 1.17 bits per heavy atom. The van der Waals surface area contributed by atoms with Gasteiger partial charge in [0.15, 0.2) is 5.82 Å². The molecular formula is C16H19N5O2. The smallest absolute Gasteiger partial charge is 0.259 e. The third-order valence-corrected chi connectivity index (χ3v) is 4.68. The predicted molar refractivity (Wildman–Crippen MR) is 83.4 cm³/mol. The Morgan fingerprint density at radius 2 is 2.00 bits per heavy atom. The van der Waals surface area contributed by atoms with Crippen LogP contribution in [0.15, 0.2) is 16.8 Å². The van der Waals surface area contributed by atoms with Gasteiger partial charge < -0.3 is 14.3 Å². The van der Waals surface area contributed by atoms with Crippen LogP contribution in [-0.4, -0.2) is 52.3 Å². The molecule has 2 aromatic rings. The Morgan fingerprint density at radius 3 is 2.74 bits per heavy atom. The van der Waals surface area contributed by atoms with Gasteiger partial charge in [0.2, 0.25) is 0 Å². The van der Waals surface area contributed by atoms with Crippen molar-refractivity contribution in [2.45, 2.75) is 26.2 Å². The Labute approximate surface area is 134 Å². The van der Waals surface area contributed by atoms with Crippen molar-refractivity contribution < 1.29 is 9.32 Å². The molecule has 2 aliphatic rings. The summed E-state index contributed by atoms with van der Waals surface area (Å²) in [6.07, 6.45) is 4.82. The van der Waals surface area contributed by atoms with Crippen LogP contribution in [0.2, 0.25) is 0 Å². The van der Waals surface area contributed by atoms with E-state index in [4.69, 9.17) is 4.52 Å². The van der Waals surface area contributed by atoms with Gasteiger partial charge in [-0.15, -0.1) is 5.10 Å². The maximum Gasteiger partial charge on any atom is 0.259 e. The Bertz CT molecular complexity index is 734. The van der Waals surface area contributed by atoms with Gasteiger partial charge in [0, 0.05) is 26.2 Å². The first-order valence-electron chi connectivity index (χ1n) is 8.03. The van der Waals surface area contributed by atoms with E-state index in [1.54, 1.807) is 6.92 Å². The molecule has 3 heterocycles. The average molecular weight is 313 g/mol. The van der Waals surface area contributed by atoms with E-state index in [2.05, 4.69) is 26.3 Å². The number of nitrogens with zero attached hydrogens (tertiary/aromatic N) is 5. The van der Waals surface area contributed by atoms with E-state index in [-0.39, 0.29) is 5.91 Å². The summed E-state index contributed by atoms with van der Waals surface area (Å²) in [5, 5.41) is 12.4. The van der Waals surface area contributed by atoms with Crippen molar-refractivity contribution in [3.8, 4) is 0 Å². The van der Waals surface area contributed by atoms with Crippen molar-refractivity contribution >= 4 is 11.7 Å². The normalized spacial score (nSPS) is 17.4. The number of amides is 1. The first-order valence-corrected chi connectivity index (χ1v) is 8.03. The molecule has 7 nitrogen and oxygen atoms in total. The lowest BCUT2D eigenvalue weighted by atomic mass is 10.2. The quantitative estimate of drug-likeness (QED) is 0.830. The van der Waals surface area contributed by atoms with E-state index in [1.165, 1.54) is 18.2 Å². The predicted octanol–water partition coefficient (Wildman–Crippen LogP) is 1.22. The number of rotatable bonds is 2. The SMILES string of the molecule is Cc1oncc1C(=O)N1CCN(c2cc3c(nn2)CCC3)CC1. The number of hydrogen-bond donors (Lipinski definition) is 0. The number of carbonyl (C=O) groups is 1. The summed E-state index contributed by atoms with van der Waals surface area (Å²) in [5.41, 5.74) is 3.02. The van der Waals surface area contributed by atoms with Gasteiger partial charge in [0.25, 0.3) is 5.91 Å². The highest BCUT2D eigenvalue weighted by atomic mass is 16.5. The second-order valence-electron chi connectivity index (χ2n) is 6.10. The topological polar surface area (TPSA) is 75.4 Å². The summed E-state index contributed by atoms with van der Waals surface area (Å²) in [6, 6.07) is 2.16. The van der Waals surface area contributed by atoms with E-state index < -0.39 is 0 Å². The molecule has 0 spiro atoms. The van der Waals surface area contributed by atoms with Gasteiger partial charge in [-0.2, -0.15) is 5.10 Å². The third-order valence-electron chi connectivity index (χ3n) is 4.68. The van der Waals surface area contributed by atoms with Crippen molar-refractivity contribution in [1.29, 1.82) is 0 Å². The molecule has 0 atom stereocenters. The first kappa shape index (κ1) is 14.2. The molecular weight excluding hydrogens is 294 g/mol. The minimum atomic E-state index is -0.0107. The van der Waals surface area contributed by atoms with Gasteiger partial charge in [-0.1, -0.05) is 5.16 Å². The van der Waals surface area contributed by atoms with Gasteiger partial charge in [-0.25, -0.2) is 0 Å². The Balaban J connectivity index is 1.43. The fraction of sp³-hybridized carbons (Fsp3) is 0.500. The molecule has 1 amide bonds. The molecule has 4 rings (SSSR count). The van der Waals surface area contributed by atoms with Gasteiger partial charge >= 0.3 is 0 Å². The van der Waals surface area contributed by atoms with E-state index in [0.717, 1.165) is 37.4 Å². The van der Waals surface area contributed by atoms with Crippen LogP contribution in [-0.2, 0) is 12.8 Å². The third kappa shape index (κ3) is 2.56. The summed E-state index contributed by atoms with van der Waals surface area (Å²) in [7, 11) is 0. The van der Waals surface area contributed by atoms with Crippen molar-refractivity contribution in [2.24, 2.45) is 0 Å². The van der Waals surface area contributed by atoms with Crippen LogP contribution in [0.1, 0.15) is 33.8 Å². The fourth-order valence-corrected chi connectivity index (χ4v) is 3.28. The van der Waals surface area contributed by atoms with Crippen molar-refractivity contribution in [3.05, 3.63) is 34.8 Å². The highest BCUT2D eigenvalue weighted by Crippen LogP contribution is 2.23. The molecule has 2 aromatic heterocycles. The minimum absolute atomic E-state index is 0.0107. The van der Waals surface area contributed by atoms with E-state index in [1.807, 2.05) is 4.90 Å². The molecule has 0 N–H and O–H groups in total. The van der Waals surface area contributed by atoms with Crippen molar-refractivity contribution in [2.75, 3.05) is 31.1 Å². The zero-order valence-electron chi connectivity index (χ0n) is 13.2. The van der Waals surface area contributed by atoms with Crippen molar-refractivity contribution in [1.82, 2.24) is 20.3 Å². The zero-order valence-corrected chi connectivity index (χ0v) is 13.2. The van der Waals surface area contributed by atoms with Gasteiger partial charge in [-0.05, 0) is 37.8 Å². The lowest BCUT2D eigenvalue weighted by Gasteiger charge is -2.35. The highest BCUT2D eigenvalue weighted by molar-refractivity contribution is 5.94. The molecule has 120 valence electrons. The summed E-state index contributed by atoms with van der Waals surface area (Å²) in [6.45, 7) is 4.63. The molecule has 1 aliphatic heterocycles. The lowest BCUT2D eigenvalue weighted by molar-refractivity contribution is 0.0744. The van der Waals surface area contributed by atoms with Gasteiger partial charge in [-0.3, -0.25) is 4.79 Å². The maximum atomic E-state index is 12.5. The summed E-state index contributed by atoms with van der Waals surface area (Å²) in [4.78, 5) is 16.5. The average Bonchev–Trinajstić information content (AvgIpc) is 3.22. The van der Waals surface area contributed by atoms with E-state index in [9.17, 15) is 4.79 Å². The molecule has 7 heteroatoms. The van der Waals surface area contributed by atoms with Crippen LogP contribution in [0.3, 0.4) is 0 Å². The molecule has 1 aliphatic carbocycles. The van der Waals surface area contributed by atoms with Gasteiger partial charge in [0.05, 0.1) is 11.9 Å². The number of hydrogen-bond acceptors (Lipinski definition) is 6. The Hall–Kier alpha value is -2.44. The van der Waals surface area contributed by atoms with Gasteiger partial charge in [0.1, 0.15) is 11.3 Å². The molecule has 0 aromatic carbocycles. The molecule has 0 radical (unpaired) electrons. The van der Waals surface area contributed by atoms with E-state index in [0.29, 0.717) is 24.4 Å². The largest absolute Gasteiger partial charge is 0.361 e. The molecule has 1 saturated heterocycles. The number of carbonyl (C=O) groups excluding carboxylic acids is 1. The van der Waals surface area contributed by atoms with Crippen LogP contribution in [0.5, 0.6) is 0 Å². The number of piperazine rings is 1. The molecule has 23 heavy (non-hydrogen) atoms.